The number of thiophene rings is 1. The molecule has 0 aliphatic carbocycles. The van der Waals surface area contributed by atoms with E-state index in [0.29, 0.717) is 43.5 Å². The summed E-state index contributed by atoms with van der Waals surface area (Å²) in [6.07, 6.45) is 1.84. The number of anilines is 3. The van der Waals surface area contributed by atoms with Crippen LogP contribution < -0.4 is 16.4 Å². The third-order valence-corrected chi connectivity index (χ3v) is 5.78. The summed E-state index contributed by atoms with van der Waals surface area (Å²) in [5.74, 6) is 0.186. The second-order valence-electron chi connectivity index (χ2n) is 5.57. The molecule has 3 aromatic rings. The van der Waals surface area contributed by atoms with Gasteiger partial charge in [-0.1, -0.05) is 11.6 Å². The Morgan fingerprint density at radius 2 is 1.90 bits per heavy atom. The number of carbonyl (C=O) groups excluding carboxylic acids is 2. The Labute approximate surface area is 179 Å². The van der Waals surface area contributed by atoms with Gasteiger partial charge in [0.1, 0.15) is 16.0 Å². The molecule has 2 heterocycles. The van der Waals surface area contributed by atoms with Crippen LogP contribution >= 0.6 is 34.7 Å². The molecular weight excluding hydrogens is 434 g/mol. The number of rotatable bonds is 5. The molecule has 29 heavy (non-hydrogen) atoms. The van der Waals surface area contributed by atoms with E-state index in [4.69, 9.17) is 17.3 Å². The van der Waals surface area contributed by atoms with E-state index in [1.54, 1.807) is 35.7 Å². The first-order valence-electron chi connectivity index (χ1n) is 8.14. The number of nitrogens with zero attached hydrogens (tertiary/aromatic N) is 2. The molecule has 0 radical (unpaired) electrons. The van der Waals surface area contributed by atoms with Gasteiger partial charge in [0, 0.05) is 11.3 Å². The number of benzene rings is 1. The van der Waals surface area contributed by atoms with Crippen molar-refractivity contribution < 1.29 is 14.3 Å². The number of halogens is 1. The van der Waals surface area contributed by atoms with Crippen LogP contribution in [0.25, 0.3) is 11.4 Å². The van der Waals surface area contributed by atoms with E-state index in [0.717, 1.165) is 0 Å². The van der Waals surface area contributed by atoms with Crippen molar-refractivity contribution in [1.82, 2.24) is 9.97 Å². The van der Waals surface area contributed by atoms with Crippen molar-refractivity contribution in [2.24, 2.45) is 0 Å². The summed E-state index contributed by atoms with van der Waals surface area (Å²) >= 11 is 8.75. The standard InChI is InChI=1S/C18H16ClN5O3S2/c1-27-17(25)11-7-8-29-16(11)24-18(26)21-10-5-3-9(4-6-10)15-22-13(19)12(28-2)14(20)23-15/h3-8H,1-2H3,(H2,20,22,23)(H2,21,24,26). The van der Waals surface area contributed by atoms with Gasteiger partial charge in [-0.05, 0) is 42.0 Å². The van der Waals surface area contributed by atoms with Crippen LogP contribution in [0.15, 0.2) is 40.6 Å². The Balaban J connectivity index is 1.70. The zero-order valence-corrected chi connectivity index (χ0v) is 17.7. The van der Waals surface area contributed by atoms with Gasteiger partial charge in [-0.2, -0.15) is 0 Å². The second kappa shape index (κ2) is 9.12. The number of ether oxygens (including phenoxy) is 1. The Morgan fingerprint density at radius 3 is 2.52 bits per heavy atom. The first kappa shape index (κ1) is 20.9. The summed E-state index contributed by atoms with van der Waals surface area (Å²) in [5.41, 5.74) is 7.46. The summed E-state index contributed by atoms with van der Waals surface area (Å²) in [5, 5.41) is 7.71. The molecule has 150 valence electrons. The molecule has 0 atom stereocenters. The quantitative estimate of drug-likeness (QED) is 0.296. The van der Waals surface area contributed by atoms with Crippen molar-refractivity contribution in [2.45, 2.75) is 4.90 Å². The summed E-state index contributed by atoms with van der Waals surface area (Å²) in [4.78, 5) is 33.1. The minimum atomic E-state index is -0.517. The number of nitrogens with two attached hydrogens (primary N) is 1. The van der Waals surface area contributed by atoms with Crippen molar-refractivity contribution in [3.05, 3.63) is 46.4 Å². The zero-order valence-electron chi connectivity index (χ0n) is 15.4. The van der Waals surface area contributed by atoms with E-state index < -0.39 is 12.0 Å². The number of hydrogen-bond acceptors (Lipinski definition) is 8. The minimum Gasteiger partial charge on any atom is -0.465 e. The predicted molar refractivity (Wildman–Crippen MR) is 117 cm³/mol. The molecule has 0 saturated carbocycles. The number of nitrogen functional groups attached to an aromatic ring is 1. The van der Waals surface area contributed by atoms with Gasteiger partial charge in [0.05, 0.1) is 17.6 Å². The number of carbonyl (C=O) groups is 2. The van der Waals surface area contributed by atoms with E-state index in [1.807, 2.05) is 6.26 Å². The van der Waals surface area contributed by atoms with Gasteiger partial charge >= 0.3 is 12.0 Å². The largest absolute Gasteiger partial charge is 0.465 e. The maximum absolute atomic E-state index is 12.2. The Kier molecular flexibility index (Phi) is 6.57. The average molecular weight is 450 g/mol. The molecule has 0 bridgehead atoms. The van der Waals surface area contributed by atoms with Gasteiger partial charge in [0.15, 0.2) is 5.82 Å². The Morgan fingerprint density at radius 1 is 1.17 bits per heavy atom. The van der Waals surface area contributed by atoms with Crippen LogP contribution in [0.5, 0.6) is 0 Å². The van der Waals surface area contributed by atoms with Crippen LogP contribution in [-0.4, -0.2) is 35.3 Å². The van der Waals surface area contributed by atoms with Gasteiger partial charge in [-0.15, -0.1) is 23.1 Å². The number of hydrogen-bond donors (Lipinski definition) is 3. The number of amides is 2. The van der Waals surface area contributed by atoms with Crippen LogP contribution in [-0.2, 0) is 4.74 Å². The average Bonchev–Trinajstić information content (AvgIpc) is 3.15. The highest BCUT2D eigenvalue weighted by Gasteiger charge is 2.16. The molecule has 1 aromatic carbocycles. The maximum Gasteiger partial charge on any atom is 0.340 e. The van der Waals surface area contributed by atoms with Gasteiger partial charge < -0.3 is 15.8 Å². The predicted octanol–water partition coefficient (Wildman–Crippen LogP) is 4.59. The minimum absolute atomic E-state index is 0.291. The Bertz CT molecular complexity index is 1030. The van der Waals surface area contributed by atoms with E-state index in [1.165, 1.54) is 30.2 Å². The van der Waals surface area contributed by atoms with Crippen molar-refractivity contribution >= 4 is 63.2 Å². The van der Waals surface area contributed by atoms with Crippen LogP contribution in [0.2, 0.25) is 5.15 Å². The van der Waals surface area contributed by atoms with Crippen molar-refractivity contribution in [3.63, 3.8) is 0 Å². The van der Waals surface area contributed by atoms with Gasteiger partial charge in [0.25, 0.3) is 0 Å². The van der Waals surface area contributed by atoms with E-state index in [9.17, 15) is 9.59 Å². The van der Waals surface area contributed by atoms with Crippen molar-refractivity contribution in [1.29, 1.82) is 0 Å². The molecular formula is C18H16ClN5O3S2. The number of nitrogens with one attached hydrogen (secondary N) is 2. The number of thioether (sulfide) groups is 1. The first-order chi connectivity index (χ1) is 13.9. The SMILES string of the molecule is COC(=O)c1ccsc1NC(=O)Nc1ccc(-c2nc(N)c(SC)c(Cl)n2)cc1. The lowest BCUT2D eigenvalue weighted by atomic mass is 10.2. The third kappa shape index (κ3) is 4.78. The highest BCUT2D eigenvalue weighted by Crippen LogP contribution is 2.31. The van der Waals surface area contributed by atoms with Crippen LogP contribution in [0.1, 0.15) is 10.4 Å². The van der Waals surface area contributed by atoms with Gasteiger partial charge in [0.2, 0.25) is 0 Å². The van der Waals surface area contributed by atoms with E-state index in [2.05, 4.69) is 25.3 Å². The normalized spacial score (nSPS) is 10.4. The highest BCUT2D eigenvalue weighted by atomic mass is 35.5. The van der Waals surface area contributed by atoms with Crippen LogP contribution in [0, 0.1) is 0 Å². The third-order valence-electron chi connectivity index (χ3n) is 3.75. The molecule has 2 amide bonds. The molecule has 8 nitrogen and oxygen atoms in total. The molecule has 4 N–H and O–H groups in total. The van der Waals surface area contributed by atoms with Gasteiger partial charge in [-0.3, -0.25) is 5.32 Å². The Hall–Kier alpha value is -2.82. The lowest BCUT2D eigenvalue weighted by molar-refractivity contribution is 0.0602. The van der Waals surface area contributed by atoms with Crippen molar-refractivity contribution in [2.75, 3.05) is 29.7 Å². The molecule has 0 aliphatic rings. The van der Waals surface area contributed by atoms with Crippen molar-refractivity contribution in [3.8, 4) is 11.4 Å². The lowest BCUT2D eigenvalue weighted by Crippen LogP contribution is -2.20. The number of methoxy groups -OCH3 is 1. The van der Waals surface area contributed by atoms with Crippen LogP contribution in [0.3, 0.4) is 0 Å². The summed E-state index contributed by atoms with van der Waals surface area (Å²) < 4.78 is 4.69. The molecule has 11 heteroatoms. The smallest absolute Gasteiger partial charge is 0.340 e. The fraction of sp³-hybridized carbons (Fsp3) is 0.111. The molecule has 0 aliphatic heterocycles. The zero-order chi connectivity index (χ0) is 21.0. The van der Waals surface area contributed by atoms with Gasteiger partial charge in [-0.25, -0.2) is 19.6 Å². The number of esters is 1. The fourth-order valence-corrected chi connectivity index (χ4v) is 4.05. The molecule has 0 saturated heterocycles. The number of urea groups is 1. The first-order valence-corrected chi connectivity index (χ1v) is 10.6. The monoisotopic (exact) mass is 449 g/mol. The van der Waals surface area contributed by atoms with Crippen LogP contribution in [0.4, 0.5) is 21.3 Å². The fourth-order valence-electron chi connectivity index (χ4n) is 2.40. The maximum atomic E-state index is 12.2. The van der Waals surface area contributed by atoms with E-state index >= 15 is 0 Å². The number of aromatic nitrogens is 2. The summed E-state index contributed by atoms with van der Waals surface area (Å²) in [7, 11) is 1.28. The highest BCUT2D eigenvalue weighted by molar-refractivity contribution is 7.98. The summed E-state index contributed by atoms with van der Waals surface area (Å²) in [6.45, 7) is 0. The molecule has 0 spiro atoms. The molecule has 2 aromatic heterocycles. The second-order valence-corrected chi connectivity index (χ2v) is 7.66. The topological polar surface area (TPSA) is 119 Å². The molecule has 3 rings (SSSR count). The molecule has 0 unspecified atom stereocenters. The lowest BCUT2D eigenvalue weighted by Gasteiger charge is -2.09. The van der Waals surface area contributed by atoms with E-state index in [-0.39, 0.29) is 0 Å². The summed E-state index contributed by atoms with van der Waals surface area (Å²) in [6, 6.07) is 7.97. The molecule has 0 fully saturated rings.